The van der Waals surface area contributed by atoms with E-state index in [2.05, 4.69) is 5.32 Å². The summed E-state index contributed by atoms with van der Waals surface area (Å²) < 4.78 is 0. The Morgan fingerprint density at radius 3 is 2.48 bits per heavy atom. The Labute approximate surface area is 146 Å². The van der Waals surface area contributed by atoms with Gasteiger partial charge >= 0.3 is 0 Å². The van der Waals surface area contributed by atoms with E-state index in [0.717, 1.165) is 31.5 Å². The van der Waals surface area contributed by atoms with Gasteiger partial charge in [0.05, 0.1) is 0 Å². The molecular weight excluding hydrogens is 335 g/mol. The van der Waals surface area contributed by atoms with Gasteiger partial charge < -0.3 is 10.2 Å². The highest BCUT2D eigenvalue weighted by Gasteiger charge is 2.57. The second kappa shape index (κ2) is 6.70. The smallest absolute Gasteiger partial charge is 0.238 e. The molecule has 1 aliphatic carbocycles. The van der Waals surface area contributed by atoms with Crippen molar-refractivity contribution in [2.24, 2.45) is 5.41 Å². The summed E-state index contributed by atoms with van der Waals surface area (Å²) in [4.78, 5) is 26.8. The van der Waals surface area contributed by atoms with Crippen molar-refractivity contribution in [2.45, 2.75) is 32.1 Å². The Kier molecular flexibility index (Phi) is 4.83. The van der Waals surface area contributed by atoms with Crippen LogP contribution in [-0.4, -0.2) is 36.3 Å². The number of hydrogen-bond donors (Lipinski definition) is 1. The van der Waals surface area contributed by atoms with E-state index in [1.54, 1.807) is 12.1 Å². The lowest BCUT2D eigenvalue weighted by atomic mass is 10.0. The first kappa shape index (κ1) is 16.6. The number of amides is 2. The quantitative estimate of drug-likeness (QED) is 0.826. The van der Waals surface area contributed by atoms with Crippen molar-refractivity contribution in [1.82, 2.24) is 10.2 Å². The fourth-order valence-corrected chi connectivity index (χ4v) is 3.59. The predicted molar refractivity (Wildman–Crippen MR) is 90.7 cm³/mol. The third-order valence-electron chi connectivity index (χ3n) is 4.68. The van der Waals surface area contributed by atoms with E-state index in [1.165, 1.54) is 0 Å². The molecular formula is C17H20Cl2N2O2. The van der Waals surface area contributed by atoms with E-state index >= 15 is 0 Å². The van der Waals surface area contributed by atoms with E-state index in [0.29, 0.717) is 35.9 Å². The molecule has 1 N–H and O–H groups in total. The molecule has 23 heavy (non-hydrogen) atoms. The van der Waals surface area contributed by atoms with Crippen LogP contribution in [0.25, 0.3) is 0 Å². The largest absolute Gasteiger partial charge is 0.355 e. The van der Waals surface area contributed by atoms with Crippen molar-refractivity contribution < 1.29 is 9.59 Å². The lowest BCUT2D eigenvalue weighted by Crippen LogP contribution is -2.44. The van der Waals surface area contributed by atoms with Gasteiger partial charge in [-0.25, -0.2) is 0 Å². The van der Waals surface area contributed by atoms with Crippen LogP contribution in [0.5, 0.6) is 0 Å². The van der Waals surface area contributed by atoms with Crippen LogP contribution in [0.1, 0.15) is 31.2 Å². The number of rotatable bonds is 5. The summed E-state index contributed by atoms with van der Waals surface area (Å²) in [6, 6.07) is 5.34. The van der Waals surface area contributed by atoms with Gasteiger partial charge in [0, 0.05) is 29.7 Å². The van der Waals surface area contributed by atoms with Crippen LogP contribution in [-0.2, 0) is 16.0 Å². The normalized spacial score (nSPS) is 18.8. The van der Waals surface area contributed by atoms with Gasteiger partial charge in [0.1, 0.15) is 5.41 Å². The van der Waals surface area contributed by atoms with Gasteiger partial charge in [-0.05, 0) is 49.8 Å². The molecule has 1 saturated heterocycles. The zero-order valence-corrected chi connectivity index (χ0v) is 14.4. The minimum absolute atomic E-state index is 0.0111. The van der Waals surface area contributed by atoms with Crippen LogP contribution in [0, 0.1) is 5.41 Å². The Morgan fingerprint density at radius 2 is 1.87 bits per heavy atom. The summed E-state index contributed by atoms with van der Waals surface area (Å²) >= 11 is 12.0. The number of nitrogens with one attached hydrogen (secondary N) is 1. The van der Waals surface area contributed by atoms with Crippen LogP contribution >= 0.6 is 23.2 Å². The van der Waals surface area contributed by atoms with Crippen LogP contribution in [0.4, 0.5) is 0 Å². The van der Waals surface area contributed by atoms with E-state index in [9.17, 15) is 9.59 Å². The first-order valence-electron chi connectivity index (χ1n) is 8.04. The van der Waals surface area contributed by atoms with Gasteiger partial charge in [0.15, 0.2) is 0 Å². The molecule has 2 aliphatic rings. The maximum atomic E-state index is 12.5. The maximum absolute atomic E-state index is 12.5. The molecule has 1 saturated carbocycles. The summed E-state index contributed by atoms with van der Waals surface area (Å²) in [6.07, 6.45) is 4.03. The molecule has 0 atom stereocenters. The second-order valence-electron chi connectivity index (χ2n) is 6.32. The minimum Gasteiger partial charge on any atom is -0.355 e. The third-order valence-corrected chi connectivity index (χ3v) is 5.27. The highest BCUT2D eigenvalue weighted by atomic mass is 35.5. The molecule has 1 aliphatic heterocycles. The van der Waals surface area contributed by atoms with Crippen molar-refractivity contribution in [1.29, 1.82) is 0 Å². The molecule has 0 bridgehead atoms. The first-order chi connectivity index (χ1) is 11.0. The van der Waals surface area contributed by atoms with E-state index in [-0.39, 0.29) is 11.8 Å². The molecule has 1 aromatic rings. The lowest BCUT2D eigenvalue weighted by molar-refractivity contribution is -0.143. The molecule has 2 amide bonds. The number of carbonyl (C=O) groups is 2. The highest BCUT2D eigenvalue weighted by molar-refractivity contribution is 6.35. The van der Waals surface area contributed by atoms with E-state index in [1.807, 2.05) is 11.0 Å². The monoisotopic (exact) mass is 354 g/mol. The molecule has 0 unspecified atom stereocenters. The number of likely N-dealkylation sites (tertiary alicyclic amines) is 1. The van der Waals surface area contributed by atoms with Crippen molar-refractivity contribution >= 4 is 35.0 Å². The summed E-state index contributed by atoms with van der Waals surface area (Å²) in [5, 5.41) is 4.09. The lowest BCUT2D eigenvalue weighted by Gasteiger charge is -2.22. The highest BCUT2D eigenvalue weighted by Crippen LogP contribution is 2.48. The number of nitrogens with zero attached hydrogens (tertiary/aromatic N) is 1. The van der Waals surface area contributed by atoms with Gasteiger partial charge in [-0.2, -0.15) is 0 Å². The van der Waals surface area contributed by atoms with Crippen molar-refractivity contribution in [3.8, 4) is 0 Å². The summed E-state index contributed by atoms with van der Waals surface area (Å²) in [7, 11) is 0. The van der Waals surface area contributed by atoms with Gasteiger partial charge in [-0.3, -0.25) is 9.59 Å². The number of carbonyl (C=O) groups excluding carboxylic acids is 2. The Hall–Kier alpha value is -1.26. The fraction of sp³-hybridized carbons (Fsp3) is 0.529. The van der Waals surface area contributed by atoms with Crippen molar-refractivity contribution in [3.63, 3.8) is 0 Å². The summed E-state index contributed by atoms with van der Waals surface area (Å²) in [5.41, 5.74) is 0.140. The molecule has 2 fully saturated rings. The van der Waals surface area contributed by atoms with Gasteiger partial charge in [-0.1, -0.05) is 29.3 Å². The Balaban J connectivity index is 1.54. The van der Waals surface area contributed by atoms with Gasteiger partial charge in [0.25, 0.3) is 0 Å². The molecule has 6 heteroatoms. The molecule has 3 rings (SSSR count). The van der Waals surface area contributed by atoms with Crippen LogP contribution in [0.2, 0.25) is 10.0 Å². The average molecular weight is 355 g/mol. The number of hydrogen-bond acceptors (Lipinski definition) is 2. The Bertz CT molecular complexity index is 623. The molecule has 124 valence electrons. The van der Waals surface area contributed by atoms with Crippen molar-refractivity contribution in [3.05, 3.63) is 33.8 Å². The molecule has 1 heterocycles. The predicted octanol–water partition coefficient (Wildman–Crippen LogP) is 3.05. The van der Waals surface area contributed by atoms with E-state index in [4.69, 9.17) is 23.2 Å². The van der Waals surface area contributed by atoms with Gasteiger partial charge in [0.2, 0.25) is 11.8 Å². The first-order valence-corrected chi connectivity index (χ1v) is 8.80. The van der Waals surface area contributed by atoms with Crippen LogP contribution in [0.15, 0.2) is 18.2 Å². The third kappa shape index (κ3) is 3.48. The molecule has 0 spiro atoms. The fourth-order valence-electron chi connectivity index (χ4n) is 3.09. The number of benzene rings is 1. The average Bonchev–Trinajstić information content (AvgIpc) is 3.16. The second-order valence-corrected chi connectivity index (χ2v) is 7.17. The van der Waals surface area contributed by atoms with Crippen LogP contribution < -0.4 is 5.32 Å². The molecule has 1 aromatic carbocycles. The zero-order chi connectivity index (χ0) is 16.4. The number of halogens is 2. The van der Waals surface area contributed by atoms with Crippen LogP contribution in [0.3, 0.4) is 0 Å². The summed E-state index contributed by atoms with van der Waals surface area (Å²) in [5.74, 6) is -0.128. The molecule has 0 radical (unpaired) electrons. The summed E-state index contributed by atoms with van der Waals surface area (Å²) in [6.45, 7) is 2.04. The van der Waals surface area contributed by atoms with E-state index < -0.39 is 5.41 Å². The molecule has 4 nitrogen and oxygen atoms in total. The van der Waals surface area contributed by atoms with Crippen molar-refractivity contribution in [2.75, 3.05) is 19.6 Å². The topological polar surface area (TPSA) is 49.4 Å². The zero-order valence-electron chi connectivity index (χ0n) is 12.9. The van der Waals surface area contributed by atoms with Gasteiger partial charge in [-0.15, -0.1) is 0 Å². The Morgan fingerprint density at radius 1 is 1.17 bits per heavy atom. The maximum Gasteiger partial charge on any atom is 0.238 e. The molecule has 0 aromatic heterocycles. The standard InChI is InChI=1S/C17H20Cl2N2O2/c18-13-4-3-12(14(19)11-13)5-8-20-15(22)17(6-7-17)16(23)21-9-1-2-10-21/h3-4,11H,1-2,5-10H2,(H,20,22). The SMILES string of the molecule is O=C(NCCc1ccc(Cl)cc1Cl)C1(C(=O)N2CCCC2)CC1. The minimum atomic E-state index is -0.797.